The van der Waals surface area contributed by atoms with Crippen LogP contribution < -0.4 is 0 Å². The summed E-state index contributed by atoms with van der Waals surface area (Å²) in [6.45, 7) is 8.64. The molecule has 5 heteroatoms. The van der Waals surface area contributed by atoms with Gasteiger partial charge in [-0.1, -0.05) is 24.3 Å². The SMILES string of the molecule is Cc1ccc2cc(C(=O)C3CCCN(C(=O)OC(C)(C)C)C3)ccc2c1CCl. The highest BCUT2D eigenvalue weighted by Gasteiger charge is 2.31. The molecule has 1 atom stereocenters. The van der Waals surface area contributed by atoms with Crippen molar-refractivity contribution in [1.82, 2.24) is 4.90 Å². The van der Waals surface area contributed by atoms with Gasteiger partial charge in [0.1, 0.15) is 5.60 Å². The molecule has 1 fully saturated rings. The molecule has 0 bridgehead atoms. The molecule has 1 aliphatic rings. The first-order chi connectivity index (χ1) is 13.2. The molecular weight excluding hydrogens is 374 g/mol. The summed E-state index contributed by atoms with van der Waals surface area (Å²) in [5.41, 5.74) is 2.41. The zero-order valence-corrected chi connectivity index (χ0v) is 17.8. The summed E-state index contributed by atoms with van der Waals surface area (Å²) in [7, 11) is 0. The van der Waals surface area contributed by atoms with Gasteiger partial charge in [-0.3, -0.25) is 4.79 Å². The number of Topliss-reactive ketones (excluding diaryl/α,β-unsaturated/α-hetero) is 1. The van der Waals surface area contributed by atoms with Crippen LogP contribution in [0.3, 0.4) is 0 Å². The van der Waals surface area contributed by atoms with Crippen LogP contribution in [0.15, 0.2) is 30.3 Å². The topological polar surface area (TPSA) is 46.6 Å². The Labute approximate surface area is 171 Å². The lowest BCUT2D eigenvalue weighted by atomic mass is 9.88. The summed E-state index contributed by atoms with van der Waals surface area (Å²) in [5.74, 6) is 0.337. The van der Waals surface area contributed by atoms with E-state index in [1.165, 1.54) is 0 Å². The minimum absolute atomic E-state index is 0.0863. The van der Waals surface area contributed by atoms with Crippen LogP contribution in [0, 0.1) is 12.8 Å². The number of benzene rings is 2. The maximum Gasteiger partial charge on any atom is 0.410 e. The predicted octanol–water partition coefficient (Wildman–Crippen LogP) is 5.72. The largest absolute Gasteiger partial charge is 0.444 e. The molecule has 1 unspecified atom stereocenters. The lowest BCUT2D eigenvalue weighted by molar-refractivity contribution is 0.0172. The fraction of sp³-hybridized carbons (Fsp3) is 0.478. The number of fused-ring (bicyclic) bond motifs is 1. The zero-order valence-electron chi connectivity index (χ0n) is 17.0. The summed E-state index contributed by atoms with van der Waals surface area (Å²) in [6.07, 6.45) is 1.25. The van der Waals surface area contributed by atoms with Crippen LogP contribution in [0.2, 0.25) is 0 Å². The summed E-state index contributed by atoms with van der Waals surface area (Å²) in [5, 5.41) is 2.11. The molecule has 4 nitrogen and oxygen atoms in total. The van der Waals surface area contributed by atoms with E-state index in [4.69, 9.17) is 16.3 Å². The predicted molar refractivity (Wildman–Crippen MR) is 113 cm³/mol. The average Bonchev–Trinajstić information content (AvgIpc) is 2.66. The molecule has 0 spiro atoms. The Balaban J connectivity index is 1.79. The average molecular weight is 402 g/mol. The minimum atomic E-state index is -0.537. The molecule has 3 rings (SSSR count). The van der Waals surface area contributed by atoms with E-state index in [2.05, 4.69) is 0 Å². The number of rotatable bonds is 3. The van der Waals surface area contributed by atoms with Gasteiger partial charge in [-0.2, -0.15) is 0 Å². The van der Waals surface area contributed by atoms with Gasteiger partial charge in [0.25, 0.3) is 0 Å². The Hall–Kier alpha value is -2.07. The standard InChI is InChI=1S/C23H28ClNO3/c1-15-7-8-16-12-17(9-10-19(16)20(15)13-24)21(26)18-6-5-11-25(14-18)22(27)28-23(2,3)4/h7-10,12,18H,5-6,11,13-14H2,1-4H3. The second-order valence-electron chi connectivity index (χ2n) is 8.56. The van der Waals surface area contributed by atoms with Gasteiger partial charge in [-0.05, 0) is 68.5 Å². The Kier molecular flexibility index (Phi) is 5.99. The zero-order chi connectivity index (χ0) is 20.5. The minimum Gasteiger partial charge on any atom is -0.444 e. The highest BCUT2D eigenvalue weighted by molar-refractivity contribution is 6.18. The molecule has 1 saturated heterocycles. The molecule has 0 aliphatic carbocycles. The van der Waals surface area contributed by atoms with Gasteiger partial charge >= 0.3 is 6.09 Å². The van der Waals surface area contributed by atoms with E-state index in [1.54, 1.807) is 4.90 Å². The number of hydrogen-bond acceptors (Lipinski definition) is 3. The van der Waals surface area contributed by atoms with Crippen molar-refractivity contribution in [3.8, 4) is 0 Å². The third-order valence-electron chi connectivity index (χ3n) is 5.23. The van der Waals surface area contributed by atoms with Crippen molar-refractivity contribution in [2.75, 3.05) is 13.1 Å². The molecule has 0 aromatic heterocycles. The first-order valence-corrected chi connectivity index (χ1v) is 10.3. The maximum absolute atomic E-state index is 13.1. The van der Waals surface area contributed by atoms with Crippen LogP contribution >= 0.6 is 11.6 Å². The molecule has 1 aliphatic heterocycles. The molecule has 1 amide bonds. The number of carbonyl (C=O) groups excluding carboxylic acids is 2. The van der Waals surface area contributed by atoms with Gasteiger partial charge in [-0.25, -0.2) is 4.79 Å². The molecule has 0 saturated carbocycles. The van der Waals surface area contributed by atoms with Crippen LogP contribution in [0.5, 0.6) is 0 Å². The summed E-state index contributed by atoms with van der Waals surface area (Å²) in [6, 6.07) is 9.89. The molecule has 2 aromatic rings. The van der Waals surface area contributed by atoms with E-state index in [-0.39, 0.29) is 17.8 Å². The van der Waals surface area contributed by atoms with Crippen molar-refractivity contribution >= 4 is 34.2 Å². The van der Waals surface area contributed by atoms with E-state index in [0.717, 1.165) is 34.7 Å². The fourth-order valence-corrected chi connectivity index (χ4v) is 4.11. The van der Waals surface area contributed by atoms with Crippen LogP contribution in [-0.4, -0.2) is 35.5 Å². The monoisotopic (exact) mass is 401 g/mol. The van der Waals surface area contributed by atoms with Gasteiger partial charge in [-0.15, -0.1) is 11.6 Å². The van der Waals surface area contributed by atoms with Crippen LogP contribution in [0.25, 0.3) is 10.8 Å². The smallest absolute Gasteiger partial charge is 0.410 e. The first-order valence-electron chi connectivity index (χ1n) is 9.80. The summed E-state index contributed by atoms with van der Waals surface area (Å²) in [4.78, 5) is 27.1. The van der Waals surface area contributed by atoms with Crippen LogP contribution in [0.1, 0.15) is 55.1 Å². The second kappa shape index (κ2) is 8.12. The second-order valence-corrected chi connectivity index (χ2v) is 8.83. The van der Waals surface area contributed by atoms with Gasteiger partial charge in [0, 0.05) is 30.5 Å². The van der Waals surface area contributed by atoms with E-state index in [0.29, 0.717) is 24.5 Å². The molecule has 28 heavy (non-hydrogen) atoms. The summed E-state index contributed by atoms with van der Waals surface area (Å²) < 4.78 is 5.47. The Morgan fingerprint density at radius 2 is 1.96 bits per heavy atom. The Morgan fingerprint density at radius 3 is 2.64 bits per heavy atom. The van der Waals surface area contributed by atoms with E-state index < -0.39 is 5.60 Å². The number of aryl methyl sites for hydroxylation is 1. The number of carbonyl (C=O) groups is 2. The number of piperidine rings is 1. The lowest BCUT2D eigenvalue weighted by Crippen LogP contribution is -2.44. The van der Waals surface area contributed by atoms with Gasteiger partial charge in [0.2, 0.25) is 0 Å². The van der Waals surface area contributed by atoms with Gasteiger partial charge < -0.3 is 9.64 Å². The fourth-order valence-electron chi connectivity index (χ4n) is 3.75. The van der Waals surface area contributed by atoms with E-state index >= 15 is 0 Å². The number of alkyl halides is 1. The number of likely N-dealkylation sites (tertiary alicyclic amines) is 1. The summed E-state index contributed by atoms with van der Waals surface area (Å²) >= 11 is 6.11. The van der Waals surface area contributed by atoms with Crippen molar-refractivity contribution < 1.29 is 14.3 Å². The van der Waals surface area contributed by atoms with Crippen molar-refractivity contribution in [2.45, 2.75) is 52.0 Å². The number of nitrogens with zero attached hydrogens (tertiary/aromatic N) is 1. The van der Waals surface area contributed by atoms with Crippen LogP contribution in [-0.2, 0) is 10.6 Å². The van der Waals surface area contributed by atoms with Gasteiger partial charge in [0.15, 0.2) is 5.78 Å². The number of ether oxygens (including phenoxy) is 1. The number of halogens is 1. The Bertz CT molecular complexity index is 901. The number of ketones is 1. The molecule has 1 heterocycles. The number of amides is 1. The van der Waals surface area contributed by atoms with Crippen molar-refractivity contribution in [3.63, 3.8) is 0 Å². The van der Waals surface area contributed by atoms with Crippen LogP contribution in [0.4, 0.5) is 4.79 Å². The third kappa shape index (κ3) is 4.49. The number of hydrogen-bond donors (Lipinski definition) is 0. The highest BCUT2D eigenvalue weighted by atomic mass is 35.5. The molecule has 0 radical (unpaired) electrons. The first kappa shape index (κ1) is 20.7. The normalized spacial score (nSPS) is 17.6. The molecule has 2 aromatic carbocycles. The molecular formula is C23H28ClNO3. The third-order valence-corrected chi connectivity index (χ3v) is 5.49. The maximum atomic E-state index is 13.1. The van der Waals surface area contributed by atoms with E-state index in [9.17, 15) is 9.59 Å². The quantitative estimate of drug-likeness (QED) is 0.488. The van der Waals surface area contributed by atoms with E-state index in [1.807, 2.05) is 58.0 Å². The van der Waals surface area contributed by atoms with Crippen molar-refractivity contribution in [1.29, 1.82) is 0 Å². The van der Waals surface area contributed by atoms with Crippen molar-refractivity contribution in [3.05, 3.63) is 47.0 Å². The lowest BCUT2D eigenvalue weighted by Gasteiger charge is -2.33. The highest BCUT2D eigenvalue weighted by Crippen LogP contribution is 2.28. The van der Waals surface area contributed by atoms with Gasteiger partial charge in [0.05, 0.1) is 0 Å². The molecule has 0 N–H and O–H groups in total. The Morgan fingerprint density at radius 1 is 1.21 bits per heavy atom. The molecule has 150 valence electrons. The van der Waals surface area contributed by atoms with Crippen molar-refractivity contribution in [2.24, 2.45) is 5.92 Å².